The predicted molar refractivity (Wildman–Crippen MR) is 62.9 cm³/mol. The van der Waals surface area contributed by atoms with Crippen molar-refractivity contribution in [2.24, 2.45) is 4.99 Å². The highest BCUT2D eigenvalue weighted by atomic mass is 35.5. The number of aliphatic imine (C=N–C) groups is 1. The molecule has 0 spiro atoms. The molecule has 16 heavy (non-hydrogen) atoms. The standard InChI is InChI=1S/C11H12ClFN2O/c1-15(5-9-6-16-7-14-9)11-3-2-8(12)4-10(11)13/h2-4,7,9H,5-6H2,1H3. The van der Waals surface area contributed by atoms with Crippen molar-refractivity contribution in [1.29, 1.82) is 0 Å². The molecule has 1 unspecified atom stereocenters. The van der Waals surface area contributed by atoms with Crippen LogP contribution < -0.4 is 4.90 Å². The number of anilines is 1. The Morgan fingerprint density at radius 3 is 3.06 bits per heavy atom. The molecule has 1 atom stereocenters. The fraction of sp³-hybridized carbons (Fsp3) is 0.364. The van der Waals surface area contributed by atoms with Crippen molar-refractivity contribution < 1.29 is 9.13 Å². The van der Waals surface area contributed by atoms with Gasteiger partial charge in [0, 0.05) is 18.6 Å². The first-order valence-corrected chi connectivity index (χ1v) is 5.34. The number of hydrogen-bond acceptors (Lipinski definition) is 3. The van der Waals surface area contributed by atoms with Crippen LogP contribution in [0.2, 0.25) is 5.02 Å². The third-order valence-electron chi connectivity index (χ3n) is 2.44. The Hall–Kier alpha value is -1.29. The predicted octanol–water partition coefficient (Wildman–Crippen LogP) is 2.34. The molecule has 0 aliphatic carbocycles. The Kier molecular flexibility index (Phi) is 3.29. The fourth-order valence-electron chi connectivity index (χ4n) is 1.63. The topological polar surface area (TPSA) is 24.8 Å². The normalized spacial score (nSPS) is 18.6. The molecule has 1 aliphatic rings. The van der Waals surface area contributed by atoms with E-state index in [1.807, 2.05) is 11.9 Å². The van der Waals surface area contributed by atoms with Gasteiger partial charge in [0.25, 0.3) is 0 Å². The van der Waals surface area contributed by atoms with E-state index in [1.54, 1.807) is 12.1 Å². The maximum absolute atomic E-state index is 13.6. The van der Waals surface area contributed by atoms with Gasteiger partial charge in [-0.05, 0) is 18.2 Å². The Labute approximate surface area is 98.5 Å². The highest BCUT2D eigenvalue weighted by Crippen LogP contribution is 2.22. The maximum Gasteiger partial charge on any atom is 0.169 e. The molecule has 2 rings (SSSR count). The molecule has 0 fully saturated rings. The van der Waals surface area contributed by atoms with E-state index in [1.165, 1.54) is 12.5 Å². The molecule has 0 amide bonds. The lowest BCUT2D eigenvalue weighted by Crippen LogP contribution is -2.29. The minimum absolute atomic E-state index is 0.0695. The number of ether oxygens (including phenoxy) is 1. The van der Waals surface area contributed by atoms with Crippen molar-refractivity contribution in [2.75, 3.05) is 25.1 Å². The maximum atomic E-state index is 13.6. The molecule has 0 radical (unpaired) electrons. The molecule has 0 saturated heterocycles. The molecule has 1 aromatic rings. The van der Waals surface area contributed by atoms with Crippen LogP contribution >= 0.6 is 11.6 Å². The second kappa shape index (κ2) is 4.70. The molecular formula is C11H12ClFN2O. The van der Waals surface area contributed by atoms with Gasteiger partial charge in [0.2, 0.25) is 0 Å². The fourth-order valence-corrected chi connectivity index (χ4v) is 1.79. The van der Waals surface area contributed by atoms with Gasteiger partial charge in [0.05, 0.1) is 5.69 Å². The van der Waals surface area contributed by atoms with Crippen molar-refractivity contribution in [1.82, 2.24) is 0 Å². The SMILES string of the molecule is CN(CC1COC=N1)c1ccc(Cl)cc1F. The third-order valence-corrected chi connectivity index (χ3v) is 2.68. The van der Waals surface area contributed by atoms with E-state index in [9.17, 15) is 4.39 Å². The summed E-state index contributed by atoms with van der Waals surface area (Å²) in [7, 11) is 1.82. The molecule has 0 aromatic heterocycles. The molecule has 1 aromatic carbocycles. The van der Waals surface area contributed by atoms with E-state index in [4.69, 9.17) is 16.3 Å². The lowest BCUT2D eigenvalue weighted by atomic mass is 10.2. The molecule has 86 valence electrons. The van der Waals surface area contributed by atoms with Crippen molar-refractivity contribution in [3.63, 3.8) is 0 Å². The van der Waals surface area contributed by atoms with Crippen molar-refractivity contribution in [3.8, 4) is 0 Å². The average molecular weight is 243 g/mol. The van der Waals surface area contributed by atoms with Crippen LogP contribution in [0, 0.1) is 5.82 Å². The first-order valence-electron chi connectivity index (χ1n) is 4.96. The van der Waals surface area contributed by atoms with E-state index in [-0.39, 0.29) is 11.9 Å². The van der Waals surface area contributed by atoms with Gasteiger partial charge in [-0.2, -0.15) is 0 Å². The van der Waals surface area contributed by atoms with E-state index in [0.29, 0.717) is 23.9 Å². The smallest absolute Gasteiger partial charge is 0.169 e. The summed E-state index contributed by atoms with van der Waals surface area (Å²) in [6, 6.07) is 4.71. The number of benzene rings is 1. The van der Waals surface area contributed by atoms with Crippen molar-refractivity contribution in [2.45, 2.75) is 6.04 Å². The largest absolute Gasteiger partial charge is 0.481 e. The van der Waals surface area contributed by atoms with Gasteiger partial charge in [0.1, 0.15) is 18.5 Å². The summed E-state index contributed by atoms with van der Waals surface area (Å²) < 4.78 is 18.6. The van der Waals surface area contributed by atoms with Gasteiger partial charge in [-0.3, -0.25) is 0 Å². The number of halogens is 2. The van der Waals surface area contributed by atoms with Crippen molar-refractivity contribution in [3.05, 3.63) is 29.0 Å². The van der Waals surface area contributed by atoms with Crippen molar-refractivity contribution >= 4 is 23.7 Å². The Bertz CT molecular complexity index is 411. The lowest BCUT2D eigenvalue weighted by Gasteiger charge is -2.21. The molecule has 0 saturated carbocycles. The molecule has 3 nitrogen and oxygen atoms in total. The van der Waals surface area contributed by atoms with Crippen LogP contribution in [0.1, 0.15) is 0 Å². The summed E-state index contributed by atoms with van der Waals surface area (Å²) in [6.45, 7) is 1.18. The molecule has 1 heterocycles. The van der Waals surface area contributed by atoms with Crippen LogP contribution in [0.15, 0.2) is 23.2 Å². The summed E-state index contributed by atoms with van der Waals surface area (Å²) in [4.78, 5) is 5.92. The number of likely N-dealkylation sites (N-methyl/N-ethyl adjacent to an activating group) is 1. The third kappa shape index (κ3) is 2.44. The van der Waals surface area contributed by atoms with Crippen LogP contribution in [-0.4, -0.2) is 32.6 Å². The quantitative estimate of drug-likeness (QED) is 0.813. The average Bonchev–Trinajstić information content (AvgIpc) is 2.70. The van der Waals surface area contributed by atoms with Gasteiger partial charge >= 0.3 is 0 Å². The Balaban J connectivity index is 2.07. The summed E-state index contributed by atoms with van der Waals surface area (Å²) in [5, 5.41) is 0.400. The highest BCUT2D eigenvalue weighted by Gasteiger charge is 2.16. The number of rotatable bonds is 3. The van der Waals surface area contributed by atoms with Gasteiger partial charge in [-0.1, -0.05) is 11.6 Å². The Morgan fingerprint density at radius 2 is 2.44 bits per heavy atom. The van der Waals surface area contributed by atoms with Crippen LogP contribution in [0.3, 0.4) is 0 Å². The van der Waals surface area contributed by atoms with E-state index >= 15 is 0 Å². The van der Waals surface area contributed by atoms with E-state index < -0.39 is 0 Å². The van der Waals surface area contributed by atoms with Gasteiger partial charge in [0.15, 0.2) is 6.40 Å². The number of hydrogen-bond donors (Lipinski definition) is 0. The molecule has 1 aliphatic heterocycles. The van der Waals surface area contributed by atoms with Crippen LogP contribution in [-0.2, 0) is 4.74 Å². The summed E-state index contributed by atoms with van der Waals surface area (Å²) in [5.74, 6) is -0.321. The second-order valence-electron chi connectivity index (χ2n) is 3.72. The second-order valence-corrected chi connectivity index (χ2v) is 4.15. The minimum atomic E-state index is -0.321. The van der Waals surface area contributed by atoms with E-state index in [2.05, 4.69) is 4.99 Å². The highest BCUT2D eigenvalue weighted by molar-refractivity contribution is 6.30. The monoisotopic (exact) mass is 242 g/mol. The van der Waals surface area contributed by atoms with Crippen LogP contribution in [0.25, 0.3) is 0 Å². The molecule has 0 N–H and O–H groups in total. The van der Waals surface area contributed by atoms with Crippen LogP contribution in [0.5, 0.6) is 0 Å². The minimum Gasteiger partial charge on any atom is -0.481 e. The van der Waals surface area contributed by atoms with Crippen LogP contribution in [0.4, 0.5) is 10.1 Å². The lowest BCUT2D eigenvalue weighted by molar-refractivity contribution is 0.329. The van der Waals surface area contributed by atoms with Gasteiger partial charge in [-0.25, -0.2) is 9.38 Å². The first-order chi connectivity index (χ1) is 7.66. The van der Waals surface area contributed by atoms with Gasteiger partial charge < -0.3 is 9.64 Å². The Morgan fingerprint density at radius 1 is 1.62 bits per heavy atom. The zero-order valence-electron chi connectivity index (χ0n) is 8.86. The first kappa shape index (κ1) is 11.2. The summed E-state index contributed by atoms with van der Waals surface area (Å²) >= 11 is 5.69. The summed E-state index contributed by atoms with van der Waals surface area (Å²) in [6.07, 6.45) is 1.44. The molecule has 0 bridgehead atoms. The zero-order chi connectivity index (χ0) is 11.5. The zero-order valence-corrected chi connectivity index (χ0v) is 9.62. The van der Waals surface area contributed by atoms with E-state index in [0.717, 1.165) is 0 Å². The number of nitrogens with zero attached hydrogens (tertiary/aromatic N) is 2. The van der Waals surface area contributed by atoms with Gasteiger partial charge in [-0.15, -0.1) is 0 Å². The summed E-state index contributed by atoms with van der Waals surface area (Å²) in [5.41, 5.74) is 0.520. The molecular weight excluding hydrogens is 231 g/mol. The molecule has 5 heteroatoms.